The molecule has 4 heterocycles. The summed E-state index contributed by atoms with van der Waals surface area (Å²) in [6, 6.07) is 16.2. The van der Waals surface area contributed by atoms with E-state index in [-0.39, 0.29) is 24.3 Å². The maximum atomic E-state index is 13.2. The fraction of sp³-hybridized carbons (Fsp3) is 0.333. The molecule has 4 aliphatic heterocycles. The van der Waals surface area contributed by atoms with Gasteiger partial charge in [-0.3, -0.25) is 4.79 Å². The number of hydrogen-bond donors (Lipinski definition) is 1. The van der Waals surface area contributed by atoms with E-state index in [4.69, 9.17) is 19.5 Å². The number of nitrogens with zero attached hydrogens (tertiary/aromatic N) is 2. The Morgan fingerprint density at radius 2 is 1.81 bits per heavy atom. The zero-order chi connectivity index (χ0) is 21.2. The molecule has 2 bridgehead atoms. The van der Waals surface area contributed by atoms with Crippen LogP contribution in [0.1, 0.15) is 18.4 Å². The lowest BCUT2D eigenvalue weighted by atomic mass is 9.84. The number of benzene rings is 2. The van der Waals surface area contributed by atoms with Gasteiger partial charge in [-0.2, -0.15) is 5.26 Å². The summed E-state index contributed by atoms with van der Waals surface area (Å²) in [6.45, 7) is 3.12. The Balaban J connectivity index is 1.35. The fourth-order valence-electron chi connectivity index (χ4n) is 4.37. The summed E-state index contributed by atoms with van der Waals surface area (Å²) in [7, 11) is 0. The van der Waals surface area contributed by atoms with E-state index in [1.807, 2.05) is 12.1 Å². The summed E-state index contributed by atoms with van der Waals surface area (Å²) in [5, 5.41) is 12.1. The van der Waals surface area contributed by atoms with Gasteiger partial charge in [0.2, 0.25) is 5.76 Å². The van der Waals surface area contributed by atoms with Crippen LogP contribution in [0.5, 0.6) is 17.2 Å². The van der Waals surface area contributed by atoms with Crippen molar-refractivity contribution in [2.45, 2.75) is 18.9 Å². The van der Waals surface area contributed by atoms with E-state index in [9.17, 15) is 4.79 Å². The molecule has 0 saturated carbocycles. The van der Waals surface area contributed by atoms with Gasteiger partial charge in [-0.05, 0) is 68.2 Å². The molecule has 7 heteroatoms. The molecule has 158 valence electrons. The maximum Gasteiger partial charge on any atom is 0.291 e. The number of fused-ring (bicyclic) bond motifs is 4. The first-order valence-electron chi connectivity index (χ1n) is 10.5. The van der Waals surface area contributed by atoms with E-state index >= 15 is 0 Å². The number of amides is 1. The van der Waals surface area contributed by atoms with Crippen LogP contribution in [0.2, 0.25) is 0 Å². The third-order valence-electron chi connectivity index (χ3n) is 6.08. The smallest absolute Gasteiger partial charge is 0.291 e. The number of piperidine rings is 3. The Kier molecular flexibility index (Phi) is 5.23. The lowest BCUT2D eigenvalue weighted by Crippen LogP contribution is -2.57. The molecule has 2 aromatic carbocycles. The molecular formula is C24H23N3O4. The van der Waals surface area contributed by atoms with Gasteiger partial charge >= 0.3 is 0 Å². The molecule has 0 spiro atoms. The van der Waals surface area contributed by atoms with Crippen molar-refractivity contribution in [2.75, 3.05) is 26.2 Å². The highest BCUT2D eigenvalue weighted by atomic mass is 16.6. The van der Waals surface area contributed by atoms with Gasteiger partial charge in [-0.1, -0.05) is 12.1 Å². The van der Waals surface area contributed by atoms with Gasteiger partial charge in [-0.25, -0.2) is 0 Å². The number of nitrogens with one attached hydrogen (secondary N) is 1. The van der Waals surface area contributed by atoms with Crippen LogP contribution >= 0.6 is 0 Å². The van der Waals surface area contributed by atoms with Crippen LogP contribution in [0, 0.1) is 17.2 Å². The lowest BCUT2D eigenvalue weighted by molar-refractivity contribution is -0.122. The number of ether oxygens (including phenoxy) is 3. The van der Waals surface area contributed by atoms with Gasteiger partial charge in [0.15, 0.2) is 17.3 Å². The molecule has 4 aliphatic rings. The second kappa shape index (κ2) is 8.32. The molecule has 3 saturated heterocycles. The lowest BCUT2D eigenvalue weighted by Gasteiger charge is -2.45. The average Bonchev–Trinajstić information content (AvgIpc) is 2.83. The average molecular weight is 417 g/mol. The van der Waals surface area contributed by atoms with Crippen molar-refractivity contribution in [1.29, 1.82) is 5.26 Å². The monoisotopic (exact) mass is 417 g/mol. The highest BCUT2D eigenvalue weighted by molar-refractivity contribution is 5.93. The highest BCUT2D eigenvalue weighted by Gasteiger charge is 2.37. The van der Waals surface area contributed by atoms with Crippen molar-refractivity contribution in [2.24, 2.45) is 5.92 Å². The zero-order valence-electron chi connectivity index (χ0n) is 17.0. The molecule has 1 amide bonds. The van der Waals surface area contributed by atoms with Gasteiger partial charge in [0.05, 0.1) is 11.6 Å². The predicted molar refractivity (Wildman–Crippen MR) is 112 cm³/mol. The molecule has 0 aromatic heterocycles. The van der Waals surface area contributed by atoms with Crippen molar-refractivity contribution in [3.05, 3.63) is 65.6 Å². The van der Waals surface area contributed by atoms with E-state index in [1.54, 1.807) is 36.4 Å². The maximum absolute atomic E-state index is 13.2. The zero-order valence-corrected chi connectivity index (χ0v) is 17.0. The summed E-state index contributed by atoms with van der Waals surface area (Å²) in [4.78, 5) is 15.6. The molecule has 7 nitrogen and oxygen atoms in total. The van der Waals surface area contributed by atoms with Crippen LogP contribution in [0.25, 0.3) is 0 Å². The Morgan fingerprint density at radius 1 is 1.10 bits per heavy atom. The minimum absolute atomic E-state index is 0.0310. The number of para-hydroxylation sites is 2. The van der Waals surface area contributed by atoms with Gasteiger partial charge in [-0.15, -0.1) is 0 Å². The van der Waals surface area contributed by atoms with Gasteiger partial charge in [0.1, 0.15) is 12.4 Å². The molecule has 2 aromatic rings. The predicted octanol–water partition coefficient (Wildman–Crippen LogP) is 2.83. The molecule has 1 N–H and O–H groups in total. The first-order chi connectivity index (χ1) is 15.2. The number of nitriles is 1. The molecule has 6 rings (SSSR count). The van der Waals surface area contributed by atoms with Crippen LogP contribution in [0.4, 0.5) is 0 Å². The number of carbonyl (C=O) groups excluding carboxylic acids is 1. The first-order valence-corrected chi connectivity index (χ1v) is 10.5. The summed E-state index contributed by atoms with van der Waals surface area (Å²) in [6.07, 6.45) is 2.22. The summed E-state index contributed by atoms with van der Waals surface area (Å²) in [5.74, 6) is 2.29. The molecule has 0 aliphatic carbocycles. The third kappa shape index (κ3) is 4.07. The van der Waals surface area contributed by atoms with E-state index in [0.717, 1.165) is 32.5 Å². The van der Waals surface area contributed by atoms with Crippen LogP contribution in [-0.2, 0) is 4.79 Å². The normalized spacial score (nSPS) is 23.8. The van der Waals surface area contributed by atoms with Crippen molar-refractivity contribution >= 4 is 5.91 Å². The summed E-state index contributed by atoms with van der Waals surface area (Å²) in [5.41, 5.74) is 0.551. The largest absolute Gasteiger partial charge is 0.486 e. The first kappa shape index (κ1) is 19.5. The SMILES string of the molecule is N#Cc1ccc(OCC2=C(C(=O)N[C@H]3CN4CCC3CC4)Oc3ccccc3O2)cc1. The Hall–Kier alpha value is -3.50. The Bertz CT molecular complexity index is 1050. The van der Waals surface area contributed by atoms with Crippen LogP contribution < -0.4 is 19.5 Å². The summed E-state index contributed by atoms with van der Waals surface area (Å²) < 4.78 is 17.8. The van der Waals surface area contributed by atoms with Crippen LogP contribution in [0.3, 0.4) is 0 Å². The summed E-state index contributed by atoms with van der Waals surface area (Å²) >= 11 is 0. The van der Waals surface area contributed by atoms with Crippen molar-refractivity contribution in [3.8, 4) is 23.3 Å². The number of hydrogen-bond acceptors (Lipinski definition) is 6. The molecular weight excluding hydrogens is 394 g/mol. The topological polar surface area (TPSA) is 83.8 Å². The molecule has 3 fully saturated rings. The quantitative estimate of drug-likeness (QED) is 0.806. The third-order valence-corrected chi connectivity index (χ3v) is 6.08. The Labute approximate surface area is 180 Å². The molecule has 0 unspecified atom stereocenters. The molecule has 0 radical (unpaired) electrons. The van der Waals surface area contributed by atoms with Crippen LogP contribution in [-0.4, -0.2) is 43.1 Å². The van der Waals surface area contributed by atoms with Crippen molar-refractivity contribution in [3.63, 3.8) is 0 Å². The second-order valence-electron chi connectivity index (χ2n) is 8.05. The molecule has 1 atom stereocenters. The van der Waals surface area contributed by atoms with E-state index in [2.05, 4.69) is 16.3 Å². The second-order valence-corrected chi connectivity index (χ2v) is 8.05. The van der Waals surface area contributed by atoms with E-state index < -0.39 is 0 Å². The van der Waals surface area contributed by atoms with Gasteiger partial charge in [0, 0.05) is 12.6 Å². The number of carbonyl (C=O) groups is 1. The van der Waals surface area contributed by atoms with E-state index in [1.165, 1.54) is 0 Å². The number of rotatable bonds is 5. The Morgan fingerprint density at radius 3 is 2.45 bits per heavy atom. The standard InChI is InChI=1S/C24H23N3O4/c25-13-16-5-7-18(8-6-16)29-15-22-23(31-21-4-2-1-3-20(21)30-22)24(28)26-19-14-27-11-9-17(19)10-12-27/h1-8,17,19H,9-12,14-15H2,(H,26,28)/t19-/m0/s1. The van der Waals surface area contributed by atoms with Crippen molar-refractivity contribution in [1.82, 2.24) is 10.2 Å². The highest BCUT2D eigenvalue weighted by Crippen LogP contribution is 2.35. The van der Waals surface area contributed by atoms with Gasteiger partial charge < -0.3 is 24.4 Å². The molecule has 31 heavy (non-hydrogen) atoms. The van der Waals surface area contributed by atoms with Crippen LogP contribution in [0.15, 0.2) is 60.0 Å². The minimum Gasteiger partial charge on any atom is -0.486 e. The van der Waals surface area contributed by atoms with Crippen molar-refractivity contribution < 1.29 is 19.0 Å². The fourth-order valence-corrected chi connectivity index (χ4v) is 4.37. The van der Waals surface area contributed by atoms with Gasteiger partial charge in [0.25, 0.3) is 5.91 Å². The van der Waals surface area contributed by atoms with E-state index in [0.29, 0.717) is 34.5 Å². The minimum atomic E-state index is -0.285.